The molecule has 2 N–H and O–H groups in total. The third-order valence-electron chi connectivity index (χ3n) is 3.92. The lowest BCUT2D eigenvalue weighted by Crippen LogP contribution is -2.42. The largest absolute Gasteiger partial charge is 0.353 e. The quantitative estimate of drug-likeness (QED) is 0.490. The molecule has 1 aromatic heterocycles. The zero-order valence-electron chi connectivity index (χ0n) is 12.0. The van der Waals surface area contributed by atoms with Crippen molar-refractivity contribution in [3.8, 4) is 0 Å². The lowest BCUT2D eigenvalue weighted by Gasteiger charge is -2.18. The number of rotatable bonds is 3. The van der Waals surface area contributed by atoms with Crippen LogP contribution in [0, 0.1) is 0 Å². The molecule has 20 heavy (non-hydrogen) atoms. The number of hydrogen-bond acceptors (Lipinski definition) is 3. The van der Waals surface area contributed by atoms with Gasteiger partial charge in [0.05, 0.1) is 6.54 Å². The Morgan fingerprint density at radius 2 is 2.20 bits per heavy atom. The van der Waals surface area contributed by atoms with Crippen LogP contribution < -0.4 is 10.6 Å². The molecule has 2 aliphatic rings. The van der Waals surface area contributed by atoms with Crippen LogP contribution in [-0.2, 0) is 19.5 Å². The van der Waals surface area contributed by atoms with Crippen molar-refractivity contribution >= 4 is 5.96 Å². The second kappa shape index (κ2) is 6.07. The Kier molecular flexibility index (Phi) is 3.99. The van der Waals surface area contributed by atoms with Crippen LogP contribution in [-0.4, -0.2) is 33.8 Å². The zero-order chi connectivity index (χ0) is 13.8. The summed E-state index contributed by atoms with van der Waals surface area (Å²) in [5.74, 6) is 2.97. The van der Waals surface area contributed by atoms with E-state index in [0.29, 0.717) is 12.6 Å². The summed E-state index contributed by atoms with van der Waals surface area (Å²) in [6, 6.07) is 0.466. The Balaban J connectivity index is 1.56. The molecule has 2 heterocycles. The number of fused-ring (bicyclic) bond motifs is 1. The van der Waals surface area contributed by atoms with Crippen molar-refractivity contribution in [1.82, 2.24) is 25.4 Å². The Morgan fingerprint density at radius 1 is 1.35 bits per heavy atom. The van der Waals surface area contributed by atoms with Gasteiger partial charge in [-0.05, 0) is 25.7 Å². The van der Waals surface area contributed by atoms with E-state index in [4.69, 9.17) is 0 Å². The number of aromatic nitrogens is 3. The van der Waals surface area contributed by atoms with Crippen molar-refractivity contribution in [2.24, 2.45) is 4.99 Å². The average molecular weight is 274 g/mol. The van der Waals surface area contributed by atoms with E-state index in [1.54, 1.807) is 7.05 Å². The summed E-state index contributed by atoms with van der Waals surface area (Å²) in [7, 11) is 1.80. The van der Waals surface area contributed by atoms with Gasteiger partial charge in [-0.1, -0.05) is 12.2 Å². The van der Waals surface area contributed by atoms with Crippen molar-refractivity contribution < 1.29 is 0 Å². The van der Waals surface area contributed by atoms with E-state index in [-0.39, 0.29) is 0 Å². The molecule has 0 spiro atoms. The first-order valence-electron chi connectivity index (χ1n) is 7.40. The van der Waals surface area contributed by atoms with E-state index in [2.05, 4.69) is 42.5 Å². The molecule has 0 saturated heterocycles. The van der Waals surface area contributed by atoms with E-state index in [9.17, 15) is 0 Å². The van der Waals surface area contributed by atoms with Crippen LogP contribution >= 0.6 is 0 Å². The second-order valence-electron chi connectivity index (χ2n) is 5.35. The molecule has 0 radical (unpaired) electrons. The average Bonchev–Trinajstić information content (AvgIpc) is 3.13. The molecule has 0 aromatic carbocycles. The highest BCUT2D eigenvalue weighted by molar-refractivity contribution is 5.79. The summed E-state index contributed by atoms with van der Waals surface area (Å²) in [5.41, 5.74) is 0. The molecular formula is C14H22N6. The topological polar surface area (TPSA) is 67.1 Å². The Bertz CT molecular complexity index is 508. The number of aryl methyl sites for hydroxylation is 1. The standard InChI is InChI=1S/C14H22N6/c1-15-14(17-11-6-2-3-7-11)16-10-13-19-18-12-8-4-5-9-20(12)13/h2-3,11H,4-10H2,1H3,(H2,15,16,17). The highest BCUT2D eigenvalue weighted by atomic mass is 15.3. The normalized spacial score (nSPS) is 19.1. The fourth-order valence-corrected chi connectivity index (χ4v) is 2.79. The summed E-state index contributed by atoms with van der Waals surface area (Å²) in [4.78, 5) is 4.27. The molecule has 1 aromatic rings. The number of nitrogens with one attached hydrogen (secondary N) is 2. The summed E-state index contributed by atoms with van der Waals surface area (Å²) < 4.78 is 2.24. The van der Waals surface area contributed by atoms with Gasteiger partial charge in [-0.25, -0.2) is 0 Å². The van der Waals surface area contributed by atoms with Crippen LogP contribution in [0.1, 0.15) is 37.3 Å². The van der Waals surface area contributed by atoms with Gasteiger partial charge in [0.1, 0.15) is 5.82 Å². The predicted octanol–water partition coefficient (Wildman–Crippen LogP) is 0.998. The predicted molar refractivity (Wildman–Crippen MR) is 78.5 cm³/mol. The first-order valence-corrected chi connectivity index (χ1v) is 7.40. The van der Waals surface area contributed by atoms with Gasteiger partial charge in [-0.15, -0.1) is 10.2 Å². The van der Waals surface area contributed by atoms with E-state index in [1.165, 1.54) is 12.8 Å². The highest BCUT2D eigenvalue weighted by Gasteiger charge is 2.16. The van der Waals surface area contributed by atoms with Crippen LogP contribution in [0.15, 0.2) is 17.1 Å². The number of guanidine groups is 1. The van der Waals surface area contributed by atoms with Crippen LogP contribution in [0.4, 0.5) is 0 Å². The minimum Gasteiger partial charge on any atom is -0.353 e. The molecule has 0 bridgehead atoms. The molecule has 0 amide bonds. The van der Waals surface area contributed by atoms with E-state index >= 15 is 0 Å². The monoisotopic (exact) mass is 274 g/mol. The first-order chi connectivity index (χ1) is 9.86. The molecule has 0 saturated carbocycles. The van der Waals surface area contributed by atoms with Crippen LogP contribution in [0.25, 0.3) is 0 Å². The molecule has 6 heteroatoms. The maximum atomic E-state index is 4.29. The summed E-state index contributed by atoms with van der Waals surface area (Å²) >= 11 is 0. The van der Waals surface area contributed by atoms with Crippen molar-refractivity contribution in [2.75, 3.05) is 7.05 Å². The molecule has 6 nitrogen and oxygen atoms in total. The van der Waals surface area contributed by atoms with Crippen molar-refractivity contribution in [1.29, 1.82) is 0 Å². The van der Waals surface area contributed by atoms with Crippen LogP contribution in [0.3, 0.4) is 0 Å². The highest BCUT2D eigenvalue weighted by Crippen LogP contribution is 2.14. The number of aliphatic imine (C=N–C) groups is 1. The van der Waals surface area contributed by atoms with Gasteiger partial charge >= 0.3 is 0 Å². The van der Waals surface area contributed by atoms with Crippen LogP contribution in [0.5, 0.6) is 0 Å². The SMILES string of the molecule is CN=C(NCc1nnc2n1CCCC2)NC1CC=CC1. The van der Waals surface area contributed by atoms with Crippen molar-refractivity contribution in [2.45, 2.75) is 51.2 Å². The summed E-state index contributed by atoms with van der Waals surface area (Å²) in [5, 5.41) is 15.3. The van der Waals surface area contributed by atoms with Crippen LogP contribution in [0.2, 0.25) is 0 Å². The van der Waals surface area contributed by atoms with Gasteiger partial charge < -0.3 is 15.2 Å². The van der Waals surface area contributed by atoms with Gasteiger partial charge in [0.25, 0.3) is 0 Å². The molecule has 3 rings (SSSR count). The lowest BCUT2D eigenvalue weighted by molar-refractivity contribution is 0.504. The third-order valence-corrected chi connectivity index (χ3v) is 3.92. The minimum atomic E-state index is 0.466. The van der Waals surface area contributed by atoms with Gasteiger partial charge in [-0.2, -0.15) is 0 Å². The Morgan fingerprint density at radius 3 is 3.00 bits per heavy atom. The molecule has 0 unspecified atom stereocenters. The molecular weight excluding hydrogens is 252 g/mol. The third kappa shape index (κ3) is 2.84. The minimum absolute atomic E-state index is 0.466. The summed E-state index contributed by atoms with van der Waals surface area (Å²) in [6.07, 6.45) is 10.1. The first kappa shape index (κ1) is 13.1. The van der Waals surface area contributed by atoms with E-state index in [0.717, 1.165) is 43.4 Å². The maximum absolute atomic E-state index is 4.29. The van der Waals surface area contributed by atoms with E-state index in [1.807, 2.05) is 0 Å². The van der Waals surface area contributed by atoms with E-state index < -0.39 is 0 Å². The van der Waals surface area contributed by atoms with Crippen molar-refractivity contribution in [3.05, 3.63) is 23.8 Å². The molecule has 1 aliphatic carbocycles. The molecule has 108 valence electrons. The molecule has 0 fully saturated rings. The fourth-order valence-electron chi connectivity index (χ4n) is 2.79. The zero-order valence-corrected chi connectivity index (χ0v) is 12.0. The van der Waals surface area contributed by atoms with Gasteiger partial charge in [0.2, 0.25) is 0 Å². The fraction of sp³-hybridized carbons (Fsp3) is 0.643. The molecule has 0 atom stereocenters. The second-order valence-corrected chi connectivity index (χ2v) is 5.35. The molecule has 1 aliphatic heterocycles. The van der Waals surface area contributed by atoms with Gasteiger partial charge in [-0.3, -0.25) is 4.99 Å². The van der Waals surface area contributed by atoms with Gasteiger partial charge in [0, 0.05) is 26.1 Å². The smallest absolute Gasteiger partial charge is 0.191 e. The van der Waals surface area contributed by atoms with Gasteiger partial charge in [0.15, 0.2) is 11.8 Å². The number of nitrogens with zero attached hydrogens (tertiary/aromatic N) is 4. The van der Waals surface area contributed by atoms with Crippen molar-refractivity contribution in [3.63, 3.8) is 0 Å². The Hall–Kier alpha value is -1.85. The lowest BCUT2D eigenvalue weighted by atomic mass is 10.2. The Labute approximate surface area is 119 Å². The maximum Gasteiger partial charge on any atom is 0.191 e. The summed E-state index contributed by atoms with van der Waals surface area (Å²) in [6.45, 7) is 1.71. The number of hydrogen-bond donors (Lipinski definition) is 2.